The normalized spacial score (nSPS) is 12.2. The Kier molecular flexibility index (Phi) is 3.83. The summed E-state index contributed by atoms with van der Waals surface area (Å²) in [6, 6.07) is 4.62. The van der Waals surface area contributed by atoms with Gasteiger partial charge in [-0.2, -0.15) is 0 Å². The molecule has 0 aliphatic rings. The molecule has 2 aromatic carbocycles. The second-order valence-corrected chi connectivity index (χ2v) is 4.29. The maximum absolute atomic E-state index is 13.6. The molecular formula is C14H11F4NO. The molecule has 0 saturated heterocycles. The van der Waals surface area contributed by atoms with E-state index >= 15 is 0 Å². The van der Waals surface area contributed by atoms with E-state index < -0.39 is 29.3 Å². The number of phenolic OH excluding ortho intramolecular Hbond substituents is 1. The molecule has 0 heterocycles. The largest absolute Gasteiger partial charge is 0.508 e. The van der Waals surface area contributed by atoms with Crippen molar-refractivity contribution in [2.75, 3.05) is 5.32 Å². The Balaban J connectivity index is 2.28. The van der Waals surface area contributed by atoms with E-state index in [2.05, 4.69) is 5.32 Å². The molecule has 0 bridgehead atoms. The Morgan fingerprint density at radius 1 is 0.950 bits per heavy atom. The van der Waals surface area contributed by atoms with Crippen LogP contribution in [0.2, 0.25) is 0 Å². The van der Waals surface area contributed by atoms with Crippen LogP contribution in [0.4, 0.5) is 23.2 Å². The monoisotopic (exact) mass is 285 g/mol. The zero-order valence-electron chi connectivity index (χ0n) is 10.4. The van der Waals surface area contributed by atoms with Crippen molar-refractivity contribution in [1.29, 1.82) is 0 Å². The van der Waals surface area contributed by atoms with Gasteiger partial charge in [-0.1, -0.05) is 6.07 Å². The van der Waals surface area contributed by atoms with Crippen LogP contribution in [-0.2, 0) is 0 Å². The molecule has 2 rings (SSSR count). The second kappa shape index (κ2) is 5.40. The average molecular weight is 285 g/mol. The summed E-state index contributed by atoms with van der Waals surface area (Å²) in [5.41, 5.74) is -0.115. The molecule has 1 unspecified atom stereocenters. The number of anilines is 1. The van der Waals surface area contributed by atoms with Crippen LogP contribution >= 0.6 is 0 Å². The lowest BCUT2D eigenvalue weighted by atomic mass is 10.1. The highest BCUT2D eigenvalue weighted by molar-refractivity contribution is 5.47. The highest BCUT2D eigenvalue weighted by Gasteiger charge is 2.17. The molecule has 0 aliphatic heterocycles. The molecule has 0 amide bonds. The molecule has 0 aliphatic carbocycles. The van der Waals surface area contributed by atoms with Gasteiger partial charge in [-0.05, 0) is 25.1 Å². The van der Waals surface area contributed by atoms with Gasteiger partial charge in [0, 0.05) is 11.6 Å². The van der Waals surface area contributed by atoms with E-state index in [0.29, 0.717) is 0 Å². The summed E-state index contributed by atoms with van der Waals surface area (Å²) in [7, 11) is 0. The first-order valence-corrected chi connectivity index (χ1v) is 5.78. The molecule has 2 N–H and O–H groups in total. The average Bonchev–Trinajstić information content (AvgIpc) is 2.39. The van der Waals surface area contributed by atoms with Crippen molar-refractivity contribution in [1.82, 2.24) is 0 Å². The van der Waals surface area contributed by atoms with Crippen molar-refractivity contribution < 1.29 is 22.7 Å². The predicted octanol–water partition coefficient (Wildman–Crippen LogP) is 4.12. The minimum Gasteiger partial charge on any atom is -0.508 e. The fraction of sp³-hybridized carbons (Fsp3) is 0.143. The third-order valence-electron chi connectivity index (χ3n) is 2.86. The molecule has 2 nitrogen and oxygen atoms in total. The van der Waals surface area contributed by atoms with Gasteiger partial charge in [0.1, 0.15) is 11.6 Å². The number of nitrogens with one attached hydrogen (secondary N) is 1. The molecule has 20 heavy (non-hydrogen) atoms. The molecule has 2 aromatic rings. The van der Waals surface area contributed by atoms with Crippen LogP contribution in [-0.4, -0.2) is 5.11 Å². The van der Waals surface area contributed by atoms with Crippen LogP contribution in [0.25, 0.3) is 0 Å². The summed E-state index contributed by atoms with van der Waals surface area (Å²) in [5, 5.41) is 11.7. The van der Waals surface area contributed by atoms with Crippen LogP contribution < -0.4 is 5.32 Å². The van der Waals surface area contributed by atoms with Crippen LogP contribution in [0.1, 0.15) is 18.5 Å². The highest BCUT2D eigenvalue weighted by Crippen LogP contribution is 2.27. The van der Waals surface area contributed by atoms with Crippen LogP contribution in [0.15, 0.2) is 30.3 Å². The number of phenols is 1. The minimum atomic E-state index is -1.59. The van der Waals surface area contributed by atoms with E-state index in [9.17, 15) is 17.6 Å². The molecular weight excluding hydrogens is 274 g/mol. The predicted molar refractivity (Wildman–Crippen MR) is 66.4 cm³/mol. The summed E-state index contributed by atoms with van der Waals surface area (Å²) in [5.74, 6) is -5.17. The maximum Gasteiger partial charge on any atom is 0.196 e. The zero-order chi connectivity index (χ0) is 14.9. The van der Waals surface area contributed by atoms with Crippen molar-refractivity contribution in [3.63, 3.8) is 0 Å². The summed E-state index contributed by atoms with van der Waals surface area (Å²) in [6.07, 6.45) is 0. The Labute approximate surface area is 112 Å². The fourth-order valence-corrected chi connectivity index (χ4v) is 1.82. The van der Waals surface area contributed by atoms with E-state index in [-0.39, 0.29) is 17.0 Å². The van der Waals surface area contributed by atoms with Crippen LogP contribution in [0, 0.1) is 23.3 Å². The van der Waals surface area contributed by atoms with Gasteiger partial charge in [0.15, 0.2) is 17.5 Å². The summed E-state index contributed by atoms with van der Waals surface area (Å²) in [6.45, 7) is 1.52. The highest BCUT2D eigenvalue weighted by atomic mass is 19.2. The number of halogens is 4. The molecule has 0 spiro atoms. The summed E-state index contributed by atoms with van der Waals surface area (Å²) >= 11 is 0. The zero-order valence-corrected chi connectivity index (χ0v) is 10.4. The van der Waals surface area contributed by atoms with Gasteiger partial charge in [0.05, 0.1) is 11.7 Å². The lowest BCUT2D eigenvalue weighted by Gasteiger charge is -2.17. The molecule has 0 fully saturated rings. The van der Waals surface area contributed by atoms with E-state index in [1.807, 2.05) is 0 Å². The lowest BCUT2D eigenvalue weighted by Crippen LogP contribution is -2.10. The Bertz CT molecular complexity index is 645. The third kappa shape index (κ3) is 2.68. The molecule has 0 aromatic heterocycles. The van der Waals surface area contributed by atoms with Crippen molar-refractivity contribution in [3.8, 4) is 5.75 Å². The number of rotatable bonds is 3. The Morgan fingerprint density at radius 3 is 2.30 bits per heavy atom. The molecule has 106 valence electrons. The maximum atomic E-state index is 13.6. The number of aromatic hydroxyl groups is 1. The summed E-state index contributed by atoms with van der Waals surface area (Å²) in [4.78, 5) is 0. The molecule has 0 saturated carbocycles. The van der Waals surface area contributed by atoms with Crippen molar-refractivity contribution in [2.24, 2.45) is 0 Å². The Morgan fingerprint density at radius 2 is 1.65 bits per heavy atom. The summed E-state index contributed by atoms with van der Waals surface area (Å²) < 4.78 is 53.0. The van der Waals surface area contributed by atoms with Gasteiger partial charge in [0.2, 0.25) is 0 Å². The molecule has 0 radical (unpaired) electrons. The third-order valence-corrected chi connectivity index (χ3v) is 2.86. The minimum absolute atomic E-state index is 0.159. The van der Waals surface area contributed by atoms with Gasteiger partial charge in [0.25, 0.3) is 0 Å². The van der Waals surface area contributed by atoms with Crippen molar-refractivity contribution >= 4 is 5.69 Å². The SMILES string of the molecule is CC(Nc1ccc(F)c(F)c1F)c1ccc(O)cc1F. The molecule has 1 atom stereocenters. The fourth-order valence-electron chi connectivity index (χ4n) is 1.82. The van der Waals surface area contributed by atoms with E-state index in [4.69, 9.17) is 5.11 Å². The topological polar surface area (TPSA) is 32.3 Å². The van der Waals surface area contributed by atoms with Crippen LogP contribution in [0.5, 0.6) is 5.75 Å². The van der Waals surface area contributed by atoms with E-state index in [1.165, 1.54) is 19.1 Å². The van der Waals surface area contributed by atoms with Gasteiger partial charge >= 0.3 is 0 Å². The Hall–Kier alpha value is -2.24. The van der Waals surface area contributed by atoms with Gasteiger partial charge in [-0.15, -0.1) is 0 Å². The van der Waals surface area contributed by atoms with E-state index in [1.54, 1.807) is 0 Å². The first-order valence-electron chi connectivity index (χ1n) is 5.78. The smallest absolute Gasteiger partial charge is 0.196 e. The van der Waals surface area contributed by atoms with Gasteiger partial charge in [-0.25, -0.2) is 17.6 Å². The van der Waals surface area contributed by atoms with Crippen molar-refractivity contribution in [2.45, 2.75) is 13.0 Å². The number of hydrogen-bond donors (Lipinski definition) is 2. The number of benzene rings is 2. The lowest BCUT2D eigenvalue weighted by molar-refractivity contribution is 0.448. The quantitative estimate of drug-likeness (QED) is 0.656. The first-order chi connectivity index (χ1) is 9.40. The molecule has 6 heteroatoms. The first kappa shape index (κ1) is 14.2. The standard InChI is InChI=1S/C14H11F4NO/c1-7(9-3-2-8(20)6-11(9)16)19-12-5-4-10(15)13(17)14(12)18/h2-7,19-20H,1H3. The van der Waals surface area contributed by atoms with Gasteiger partial charge < -0.3 is 10.4 Å². The van der Waals surface area contributed by atoms with Crippen LogP contribution in [0.3, 0.4) is 0 Å². The van der Waals surface area contributed by atoms with E-state index in [0.717, 1.165) is 18.2 Å². The number of hydrogen-bond acceptors (Lipinski definition) is 2. The second-order valence-electron chi connectivity index (χ2n) is 4.29. The van der Waals surface area contributed by atoms with Crippen molar-refractivity contribution in [3.05, 3.63) is 59.2 Å². The van der Waals surface area contributed by atoms with Gasteiger partial charge in [-0.3, -0.25) is 0 Å².